The third-order valence-corrected chi connectivity index (χ3v) is 3.44. The van der Waals surface area contributed by atoms with Crippen LogP contribution < -0.4 is 0 Å². The topological polar surface area (TPSA) is 4.93 Å². The predicted octanol–water partition coefficient (Wildman–Crippen LogP) is 3.25. The van der Waals surface area contributed by atoms with E-state index in [1.807, 2.05) is 0 Å². The van der Waals surface area contributed by atoms with Gasteiger partial charge in [-0.3, -0.25) is 0 Å². The minimum atomic E-state index is 1.26. The van der Waals surface area contributed by atoms with Crippen molar-refractivity contribution in [1.82, 2.24) is 4.57 Å². The number of aryl methyl sites for hydroxylation is 2. The molecule has 78 valence electrons. The molecule has 1 heteroatoms. The van der Waals surface area contributed by atoms with Crippen molar-refractivity contribution in [2.45, 2.75) is 51.9 Å². The zero-order chi connectivity index (χ0) is 9.97. The third-order valence-electron chi connectivity index (χ3n) is 3.44. The van der Waals surface area contributed by atoms with E-state index in [-0.39, 0.29) is 0 Å². The Kier molecular flexibility index (Phi) is 2.95. The molecule has 0 atom stereocenters. The summed E-state index contributed by atoms with van der Waals surface area (Å²) in [5.41, 5.74) is 4.80. The van der Waals surface area contributed by atoms with Gasteiger partial charge in [-0.05, 0) is 50.2 Å². The van der Waals surface area contributed by atoms with Crippen molar-refractivity contribution in [3.8, 4) is 0 Å². The highest BCUT2D eigenvalue weighted by Crippen LogP contribution is 2.24. The summed E-state index contributed by atoms with van der Waals surface area (Å²) < 4.78 is 2.45. The van der Waals surface area contributed by atoms with Crippen LogP contribution in [-0.2, 0) is 26.3 Å². The summed E-state index contributed by atoms with van der Waals surface area (Å²) in [6.45, 7) is 2.27. The summed E-state index contributed by atoms with van der Waals surface area (Å²) in [7, 11) is 2.25. The van der Waals surface area contributed by atoms with E-state index >= 15 is 0 Å². The molecule has 1 heterocycles. The summed E-state index contributed by atoms with van der Waals surface area (Å²) >= 11 is 0. The second kappa shape index (κ2) is 4.20. The molecular formula is C13H21N. The molecule has 1 aliphatic rings. The van der Waals surface area contributed by atoms with Gasteiger partial charge >= 0.3 is 0 Å². The summed E-state index contributed by atoms with van der Waals surface area (Å²) in [5, 5.41) is 0. The van der Waals surface area contributed by atoms with Crippen molar-refractivity contribution in [3.63, 3.8) is 0 Å². The molecule has 0 unspecified atom stereocenters. The molecule has 0 bridgehead atoms. The first kappa shape index (κ1) is 9.82. The van der Waals surface area contributed by atoms with Gasteiger partial charge in [-0.25, -0.2) is 0 Å². The lowest BCUT2D eigenvalue weighted by Crippen LogP contribution is -2.06. The van der Waals surface area contributed by atoms with Crippen LogP contribution >= 0.6 is 0 Å². The Hall–Kier alpha value is -0.720. The Balaban J connectivity index is 2.20. The molecule has 0 aliphatic heterocycles. The van der Waals surface area contributed by atoms with Gasteiger partial charge < -0.3 is 4.57 Å². The minimum absolute atomic E-state index is 1.26. The Morgan fingerprint density at radius 2 is 2.07 bits per heavy atom. The van der Waals surface area contributed by atoms with Gasteiger partial charge in [0.2, 0.25) is 0 Å². The van der Waals surface area contributed by atoms with Crippen molar-refractivity contribution in [2.75, 3.05) is 0 Å². The van der Waals surface area contributed by atoms with Gasteiger partial charge in [0, 0.05) is 18.4 Å². The van der Waals surface area contributed by atoms with Crippen LogP contribution in [0, 0.1) is 0 Å². The number of hydrogen-bond donors (Lipinski definition) is 0. The lowest BCUT2D eigenvalue weighted by molar-refractivity contribution is 0.636. The minimum Gasteiger partial charge on any atom is -0.351 e. The van der Waals surface area contributed by atoms with Crippen molar-refractivity contribution in [3.05, 3.63) is 23.0 Å². The average Bonchev–Trinajstić information content (AvgIpc) is 2.54. The van der Waals surface area contributed by atoms with Crippen LogP contribution in [0.5, 0.6) is 0 Å². The number of fused-ring (bicyclic) bond motifs is 1. The Labute approximate surface area is 87.1 Å². The van der Waals surface area contributed by atoms with E-state index in [1.54, 1.807) is 17.0 Å². The third kappa shape index (κ3) is 1.73. The Bertz CT molecular complexity index is 309. The molecule has 1 nitrogen and oxygen atoms in total. The van der Waals surface area contributed by atoms with Crippen LogP contribution in [0.3, 0.4) is 0 Å². The van der Waals surface area contributed by atoms with E-state index in [9.17, 15) is 0 Å². The smallest absolute Gasteiger partial charge is 0.0206 e. The van der Waals surface area contributed by atoms with E-state index in [0.717, 1.165) is 0 Å². The molecule has 2 rings (SSSR count). The van der Waals surface area contributed by atoms with Crippen molar-refractivity contribution in [2.24, 2.45) is 7.05 Å². The Morgan fingerprint density at radius 1 is 1.29 bits per heavy atom. The van der Waals surface area contributed by atoms with Crippen LogP contribution in [-0.4, -0.2) is 4.57 Å². The maximum absolute atomic E-state index is 2.45. The normalized spacial score (nSPS) is 15.6. The van der Waals surface area contributed by atoms with Gasteiger partial charge in [-0.1, -0.05) is 13.3 Å². The molecule has 0 saturated carbocycles. The second-order valence-corrected chi connectivity index (χ2v) is 4.48. The first-order valence-corrected chi connectivity index (χ1v) is 5.99. The highest BCUT2D eigenvalue weighted by atomic mass is 15.0. The molecule has 0 N–H and O–H groups in total. The first-order chi connectivity index (χ1) is 6.83. The molecule has 1 aromatic heterocycles. The standard InChI is InChI=1S/C13H21N/c1-3-4-8-12-10-11-7-5-6-9-13(11)14(12)2/h10H,3-9H2,1-2H3. The van der Waals surface area contributed by atoms with Crippen LogP contribution in [0.1, 0.15) is 49.6 Å². The molecule has 0 fully saturated rings. The number of hydrogen-bond acceptors (Lipinski definition) is 0. The van der Waals surface area contributed by atoms with Crippen molar-refractivity contribution < 1.29 is 0 Å². The molecule has 0 radical (unpaired) electrons. The summed E-state index contributed by atoms with van der Waals surface area (Å²) in [6, 6.07) is 2.45. The van der Waals surface area contributed by atoms with Crippen LogP contribution in [0.25, 0.3) is 0 Å². The van der Waals surface area contributed by atoms with E-state index in [2.05, 4.69) is 24.6 Å². The lowest BCUT2D eigenvalue weighted by Gasteiger charge is -2.13. The first-order valence-electron chi connectivity index (χ1n) is 5.99. The number of rotatable bonds is 3. The zero-order valence-corrected chi connectivity index (χ0v) is 9.47. The second-order valence-electron chi connectivity index (χ2n) is 4.48. The van der Waals surface area contributed by atoms with Crippen molar-refractivity contribution in [1.29, 1.82) is 0 Å². The summed E-state index contributed by atoms with van der Waals surface area (Å²) in [6.07, 6.45) is 9.29. The molecule has 1 aliphatic carbocycles. The monoisotopic (exact) mass is 191 g/mol. The summed E-state index contributed by atoms with van der Waals surface area (Å²) in [5.74, 6) is 0. The van der Waals surface area contributed by atoms with Gasteiger partial charge in [0.15, 0.2) is 0 Å². The van der Waals surface area contributed by atoms with Crippen LogP contribution in [0.2, 0.25) is 0 Å². The highest BCUT2D eigenvalue weighted by molar-refractivity contribution is 5.30. The molecule has 0 amide bonds. The molecule has 0 saturated heterocycles. The molecule has 0 aromatic carbocycles. The molecule has 1 aromatic rings. The van der Waals surface area contributed by atoms with Crippen LogP contribution in [0.4, 0.5) is 0 Å². The van der Waals surface area contributed by atoms with Crippen LogP contribution in [0.15, 0.2) is 6.07 Å². The van der Waals surface area contributed by atoms with Gasteiger partial charge in [0.25, 0.3) is 0 Å². The number of aromatic nitrogens is 1. The predicted molar refractivity (Wildman–Crippen MR) is 60.7 cm³/mol. The van der Waals surface area contributed by atoms with Gasteiger partial charge in [-0.2, -0.15) is 0 Å². The lowest BCUT2D eigenvalue weighted by atomic mass is 9.98. The fourth-order valence-corrected chi connectivity index (χ4v) is 2.52. The van der Waals surface area contributed by atoms with E-state index < -0.39 is 0 Å². The summed E-state index contributed by atoms with van der Waals surface area (Å²) in [4.78, 5) is 0. The molecular weight excluding hydrogens is 170 g/mol. The number of unbranched alkanes of at least 4 members (excludes halogenated alkanes) is 1. The van der Waals surface area contributed by atoms with E-state index in [1.165, 1.54) is 44.9 Å². The largest absolute Gasteiger partial charge is 0.351 e. The fraction of sp³-hybridized carbons (Fsp3) is 0.692. The van der Waals surface area contributed by atoms with Crippen molar-refractivity contribution >= 4 is 0 Å². The maximum Gasteiger partial charge on any atom is 0.0206 e. The fourth-order valence-electron chi connectivity index (χ4n) is 2.52. The highest BCUT2D eigenvalue weighted by Gasteiger charge is 2.15. The SMILES string of the molecule is CCCCc1cc2c(n1C)CCCC2. The molecule has 0 spiro atoms. The van der Waals surface area contributed by atoms with E-state index in [4.69, 9.17) is 0 Å². The van der Waals surface area contributed by atoms with E-state index in [0.29, 0.717) is 0 Å². The Morgan fingerprint density at radius 3 is 2.79 bits per heavy atom. The van der Waals surface area contributed by atoms with Gasteiger partial charge in [-0.15, -0.1) is 0 Å². The quantitative estimate of drug-likeness (QED) is 0.691. The average molecular weight is 191 g/mol. The number of nitrogens with zero attached hydrogens (tertiary/aromatic N) is 1. The zero-order valence-electron chi connectivity index (χ0n) is 9.47. The molecule has 14 heavy (non-hydrogen) atoms. The van der Waals surface area contributed by atoms with Gasteiger partial charge in [0.1, 0.15) is 0 Å². The van der Waals surface area contributed by atoms with Gasteiger partial charge in [0.05, 0.1) is 0 Å². The maximum atomic E-state index is 2.45.